The number of quaternary nitrogens is 1. The summed E-state index contributed by atoms with van der Waals surface area (Å²) in [7, 11) is 5.89. The number of aryl methyl sites for hydroxylation is 1. The highest BCUT2D eigenvalue weighted by Crippen LogP contribution is 2.30. The molecule has 1 saturated heterocycles. The highest BCUT2D eigenvalue weighted by Gasteiger charge is 2.28. The van der Waals surface area contributed by atoms with Gasteiger partial charge < -0.3 is 43.3 Å². The number of hydrogen-bond acceptors (Lipinski definition) is 5. The molecule has 0 aromatic heterocycles. The third-order valence-corrected chi connectivity index (χ3v) is 7.30. The normalized spacial score (nSPS) is 14.3. The Morgan fingerprint density at radius 2 is 1.68 bits per heavy atom. The summed E-state index contributed by atoms with van der Waals surface area (Å²) >= 11 is 0. The number of ether oxygens (including phenoxy) is 2. The largest absolute Gasteiger partial charge is 1.00 e. The third-order valence-electron chi connectivity index (χ3n) is 7.30. The molecule has 0 saturated carbocycles. The van der Waals surface area contributed by atoms with Crippen LogP contribution in [0.1, 0.15) is 41.6 Å². The lowest BCUT2D eigenvalue weighted by Gasteiger charge is -2.36. The SMILES string of the molecule is COc1cc(C=O)ccc1NC(=O)CCCc1ccc(-c2ccccc2)c(NC(=O)OC2CC[N+](C)(C)CC2)c1.[I-]. The smallest absolute Gasteiger partial charge is 0.411 e. The molecule has 1 heterocycles. The van der Waals surface area contributed by atoms with Crippen molar-refractivity contribution in [3.63, 3.8) is 0 Å². The molecule has 41 heavy (non-hydrogen) atoms. The number of nitrogens with zero attached hydrogens (tertiary/aromatic N) is 1. The monoisotopic (exact) mass is 671 g/mol. The average molecular weight is 672 g/mol. The van der Waals surface area contributed by atoms with E-state index < -0.39 is 6.09 Å². The molecule has 2 N–H and O–H groups in total. The molecule has 1 aliphatic rings. The quantitative estimate of drug-likeness (QED) is 0.197. The number of piperidine rings is 1. The zero-order valence-corrected chi connectivity index (χ0v) is 26.0. The highest BCUT2D eigenvalue weighted by molar-refractivity contribution is 5.93. The van der Waals surface area contributed by atoms with Crippen LogP contribution in [0.3, 0.4) is 0 Å². The lowest BCUT2D eigenvalue weighted by Crippen LogP contribution is -3.00. The van der Waals surface area contributed by atoms with Gasteiger partial charge in [0, 0.05) is 30.4 Å². The van der Waals surface area contributed by atoms with E-state index in [9.17, 15) is 14.4 Å². The van der Waals surface area contributed by atoms with Crippen LogP contribution in [-0.4, -0.2) is 63.2 Å². The molecule has 2 amide bonds. The van der Waals surface area contributed by atoms with Crippen LogP contribution in [0.5, 0.6) is 5.75 Å². The predicted molar refractivity (Wildman–Crippen MR) is 157 cm³/mol. The second-order valence-electron chi connectivity index (χ2n) is 10.8. The van der Waals surface area contributed by atoms with Crippen molar-refractivity contribution in [2.24, 2.45) is 0 Å². The first-order valence-electron chi connectivity index (χ1n) is 13.7. The molecule has 0 radical (unpaired) electrons. The van der Waals surface area contributed by atoms with Crippen molar-refractivity contribution in [2.45, 2.75) is 38.2 Å². The molecular formula is C32H38IN3O5. The zero-order chi connectivity index (χ0) is 28.5. The molecule has 0 atom stereocenters. The van der Waals surface area contributed by atoms with Crippen LogP contribution in [0, 0.1) is 0 Å². The fourth-order valence-electron chi connectivity index (χ4n) is 4.92. The van der Waals surface area contributed by atoms with Crippen molar-refractivity contribution in [3.8, 4) is 16.9 Å². The topological polar surface area (TPSA) is 93.7 Å². The molecule has 3 aromatic carbocycles. The number of amides is 2. The van der Waals surface area contributed by atoms with Crippen LogP contribution in [0.25, 0.3) is 11.1 Å². The lowest BCUT2D eigenvalue weighted by molar-refractivity contribution is -0.896. The van der Waals surface area contributed by atoms with Gasteiger partial charge in [0.15, 0.2) is 0 Å². The van der Waals surface area contributed by atoms with E-state index in [0.29, 0.717) is 42.0 Å². The first kappa shape index (κ1) is 32.1. The second-order valence-corrected chi connectivity index (χ2v) is 10.8. The predicted octanol–water partition coefficient (Wildman–Crippen LogP) is 2.93. The fraction of sp³-hybridized carbons (Fsp3) is 0.344. The number of hydrogen-bond donors (Lipinski definition) is 2. The number of methoxy groups -OCH3 is 1. The van der Waals surface area contributed by atoms with Gasteiger partial charge in [-0.1, -0.05) is 42.5 Å². The summed E-state index contributed by atoms with van der Waals surface area (Å²) in [4.78, 5) is 36.5. The first-order chi connectivity index (χ1) is 19.3. The number of likely N-dealkylation sites (tertiary alicyclic amines) is 1. The Balaban J connectivity index is 0.00000462. The first-order valence-corrected chi connectivity index (χ1v) is 13.7. The maximum atomic E-state index is 12.9. The van der Waals surface area contributed by atoms with Crippen LogP contribution in [0.4, 0.5) is 16.2 Å². The number of aldehydes is 1. The van der Waals surface area contributed by atoms with Crippen molar-refractivity contribution in [2.75, 3.05) is 44.9 Å². The minimum Gasteiger partial charge on any atom is -1.00 e. The molecule has 8 nitrogen and oxygen atoms in total. The van der Waals surface area contributed by atoms with Crippen molar-refractivity contribution < 1.29 is 52.3 Å². The molecule has 1 fully saturated rings. The maximum absolute atomic E-state index is 12.9. The zero-order valence-electron chi connectivity index (χ0n) is 23.8. The number of anilines is 2. The summed E-state index contributed by atoms with van der Waals surface area (Å²) in [5, 5.41) is 5.84. The minimum absolute atomic E-state index is 0. The minimum atomic E-state index is -0.444. The van der Waals surface area contributed by atoms with Crippen molar-refractivity contribution in [1.82, 2.24) is 0 Å². The van der Waals surface area contributed by atoms with E-state index >= 15 is 0 Å². The Bertz CT molecular complexity index is 1340. The van der Waals surface area contributed by atoms with E-state index in [-0.39, 0.29) is 36.0 Å². The van der Waals surface area contributed by atoms with Gasteiger partial charge in [-0.15, -0.1) is 0 Å². The Morgan fingerprint density at radius 3 is 2.37 bits per heavy atom. The summed E-state index contributed by atoms with van der Waals surface area (Å²) in [6.45, 7) is 1.96. The third kappa shape index (κ3) is 9.29. The highest BCUT2D eigenvalue weighted by atomic mass is 127. The standard InChI is InChI=1S/C32H37N3O5.HI/c1-35(2)18-16-26(17-19-35)40-32(38)34-29-20-23(12-14-27(29)25-9-5-4-6-10-25)8-7-11-31(37)33-28-15-13-24(22-36)21-30(28)39-3;/h4-6,9-10,12-15,20-22,26H,7-8,11,16-19H2,1-3H3,(H-,33,34,36,37,38);1H. The second kappa shape index (κ2) is 15.0. The van der Waals surface area contributed by atoms with Gasteiger partial charge in [-0.25, -0.2) is 4.79 Å². The Kier molecular flexibility index (Phi) is 11.7. The number of nitrogens with one attached hydrogen (secondary N) is 2. The van der Waals surface area contributed by atoms with E-state index in [2.05, 4.69) is 24.7 Å². The summed E-state index contributed by atoms with van der Waals surface area (Å²) in [6, 6.07) is 20.8. The van der Waals surface area contributed by atoms with Gasteiger partial charge in [-0.05, 0) is 48.2 Å². The summed E-state index contributed by atoms with van der Waals surface area (Å²) in [5.74, 6) is 0.294. The van der Waals surface area contributed by atoms with Crippen LogP contribution in [-0.2, 0) is 16.0 Å². The molecule has 0 spiro atoms. The number of carbonyl (C=O) groups excluding carboxylic acids is 3. The van der Waals surface area contributed by atoms with E-state index in [0.717, 1.165) is 53.4 Å². The molecule has 0 aliphatic carbocycles. The van der Waals surface area contributed by atoms with Crippen LogP contribution >= 0.6 is 0 Å². The van der Waals surface area contributed by atoms with Gasteiger partial charge in [0.2, 0.25) is 5.91 Å². The molecule has 3 aromatic rings. The molecular weight excluding hydrogens is 633 g/mol. The van der Waals surface area contributed by atoms with Crippen LogP contribution in [0.2, 0.25) is 0 Å². The molecule has 9 heteroatoms. The van der Waals surface area contributed by atoms with Gasteiger partial charge >= 0.3 is 6.09 Å². The van der Waals surface area contributed by atoms with Crippen LogP contribution < -0.4 is 39.3 Å². The average Bonchev–Trinajstić information content (AvgIpc) is 2.95. The molecule has 4 rings (SSSR count). The summed E-state index contributed by atoms with van der Waals surface area (Å²) < 4.78 is 12.0. The molecule has 1 aliphatic heterocycles. The lowest BCUT2D eigenvalue weighted by atomic mass is 9.99. The van der Waals surface area contributed by atoms with Gasteiger partial charge in [-0.3, -0.25) is 14.9 Å². The molecule has 0 bridgehead atoms. The summed E-state index contributed by atoms with van der Waals surface area (Å²) in [5.41, 5.74) is 4.60. The Morgan fingerprint density at radius 1 is 0.951 bits per heavy atom. The van der Waals surface area contributed by atoms with Gasteiger partial charge in [0.05, 0.1) is 45.7 Å². The van der Waals surface area contributed by atoms with E-state index in [4.69, 9.17) is 9.47 Å². The Hall–Kier alpha value is -3.44. The van der Waals surface area contributed by atoms with Gasteiger partial charge in [0.25, 0.3) is 0 Å². The van der Waals surface area contributed by atoms with Crippen molar-refractivity contribution in [1.29, 1.82) is 0 Å². The molecule has 0 unspecified atom stereocenters. The van der Waals surface area contributed by atoms with E-state index in [1.165, 1.54) is 7.11 Å². The number of carbonyl (C=O) groups is 3. The Labute approximate surface area is 259 Å². The van der Waals surface area contributed by atoms with E-state index in [1.54, 1.807) is 18.2 Å². The number of benzene rings is 3. The number of halogens is 1. The summed E-state index contributed by atoms with van der Waals surface area (Å²) in [6.07, 6.45) is 3.48. The van der Waals surface area contributed by atoms with Gasteiger partial charge in [-0.2, -0.15) is 0 Å². The van der Waals surface area contributed by atoms with Crippen molar-refractivity contribution >= 4 is 29.7 Å². The maximum Gasteiger partial charge on any atom is 0.411 e. The van der Waals surface area contributed by atoms with Gasteiger partial charge in [0.1, 0.15) is 18.1 Å². The van der Waals surface area contributed by atoms with Crippen molar-refractivity contribution in [3.05, 3.63) is 77.9 Å². The van der Waals surface area contributed by atoms with E-state index in [1.807, 2.05) is 48.5 Å². The van der Waals surface area contributed by atoms with Crippen LogP contribution in [0.15, 0.2) is 66.7 Å². The fourth-order valence-corrected chi connectivity index (χ4v) is 4.92. The number of rotatable bonds is 10. The molecule has 218 valence electrons.